The van der Waals surface area contributed by atoms with Gasteiger partial charge in [-0.1, -0.05) is 31.2 Å². The van der Waals surface area contributed by atoms with Crippen LogP contribution in [0.25, 0.3) is 0 Å². The molecule has 3 nitrogen and oxygen atoms in total. The fourth-order valence-corrected chi connectivity index (χ4v) is 1.94. The van der Waals surface area contributed by atoms with Gasteiger partial charge in [0.2, 0.25) is 0 Å². The van der Waals surface area contributed by atoms with Crippen molar-refractivity contribution < 1.29 is 14.6 Å². The van der Waals surface area contributed by atoms with Gasteiger partial charge >= 0.3 is 5.97 Å². The summed E-state index contributed by atoms with van der Waals surface area (Å²) in [5.41, 5.74) is 0.670. The van der Waals surface area contributed by atoms with Crippen molar-refractivity contribution in [2.24, 2.45) is 0 Å². The maximum atomic E-state index is 11.2. The van der Waals surface area contributed by atoms with Gasteiger partial charge in [-0.25, -0.2) is 4.79 Å². The second-order valence-corrected chi connectivity index (χ2v) is 3.43. The van der Waals surface area contributed by atoms with Crippen LogP contribution in [-0.4, -0.2) is 11.1 Å². The summed E-state index contributed by atoms with van der Waals surface area (Å²) >= 11 is 0. The lowest BCUT2D eigenvalue weighted by Crippen LogP contribution is -2.34. The number of aliphatic carboxylic acids is 1. The number of fused-ring (bicyclic) bond motifs is 1. The first-order chi connectivity index (χ1) is 6.70. The summed E-state index contributed by atoms with van der Waals surface area (Å²) < 4.78 is 5.42. The number of hydrogen-bond acceptors (Lipinski definition) is 2. The lowest BCUT2D eigenvalue weighted by molar-refractivity contribution is -0.166. The third-order valence-electron chi connectivity index (χ3n) is 2.77. The van der Waals surface area contributed by atoms with E-state index in [-0.39, 0.29) is 0 Å². The van der Waals surface area contributed by atoms with Crippen molar-refractivity contribution in [3.05, 3.63) is 35.4 Å². The Kier molecular flexibility index (Phi) is 2.04. The standard InChI is InChI=1S/C11H12O3/c1-2-11(10(12)13)9-6-4-3-5-8(9)7-14-11/h3-6H,2,7H2,1H3,(H,12,13). The monoisotopic (exact) mass is 192 g/mol. The zero-order valence-corrected chi connectivity index (χ0v) is 7.99. The van der Waals surface area contributed by atoms with Gasteiger partial charge < -0.3 is 9.84 Å². The first-order valence-corrected chi connectivity index (χ1v) is 4.66. The molecule has 0 amide bonds. The fourth-order valence-electron chi connectivity index (χ4n) is 1.94. The van der Waals surface area contributed by atoms with Gasteiger partial charge in [0.15, 0.2) is 5.60 Å². The molecule has 1 aliphatic heterocycles. The zero-order valence-electron chi connectivity index (χ0n) is 7.99. The zero-order chi connectivity index (χ0) is 10.2. The number of ether oxygens (including phenoxy) is 1. The van der Waals surface area contributed by atoms with E-state index in [9.17, 15) is 9.90 Å². The fraction of sp³-hybridized carbons (Fsp3) is 0.364. The van der Waals surface area contributed by atoms with E-state index < -0.39 is 11.6 Å². The van der Waals surface area contributed by atoms with E-state index in [1.165, 1.54) is 0 Å². The second-order valence-electron chi connectivity index (χ2n) is 3.43. The molecule has 74 valence electrons. The average molecular weight is 192 g/mol. The molecular weight excluding hydrogens is 180 g/mol. The molecular formula is C11H12O3. The Bertz CT molecular complexity index is 373. The van der Waals surface area contributed by atoms with Crippen molar-refractivity contribution in [3.63, 3.8) is 0 Å². The SMILES string of the molecule is CCC1(C(=O)O)OCc2ccccc21. The highest BCUT2D eigenvalue weighted by atomic mass is 16.5. The Hall–Kier alpha value is -1.35. The molecule has 2 rings (SSSR count). The van der Waals surface area contributed by atoms with E-state index in [4.69, 9.17) is 4.74 Å². The minimum absolute atomic E-state index is 0.399. The summed E-state index contributed by atoms with van der Waals surface area (Å²) in [4.78, 5) is 11.2. The highest BCUT2D eigenvalue weighted by Crippen LogP contribution is 2.39. The molecule has 0 saturated carbocycles. The molecule has 1 atom stereocenters. The molecule has 1 aromatic carbocycles. The maximum Gasteiger partial charge on any atom is 0.340 e. The molecule has 0 aliphatic carbocycles. The van der Waals surface area contributed by atoms with Crippen LogP contribution in [0.4, 0.5) is 0 Å². The van der Waals surface area contributed by atoms with Gasteiger partial charge in [-0.2, -0.15) is 0 Å². The van der Waals surface area contributed by atoms with Gasteiger partial charge in [0, 0.05) is 5.56 Å². The summed E-state index contributed by atoms with van der Waals surface area (Å²) in [5.74, 6) is -0.898. The quantitative estimate of drug-likeness (QED) is 0.778. The van der Waals surface area contributed by atoms with Crippen LogP contribution in [0.3, 0.4) is 0 Å². The van der Waals surface area contributed by atoms with Crippen molar-refractivity contribution in [1.82, 2.24) is 0 Å². The molecule has 0 radical (unpaired) electrons. The Labute approximate surface area is 82.3 Å². The number of carbonyl (C=O) groups is 1. The first-order valence-electron chi connectivity index (χ1n) is 4.66. The van der Waals surface area contributed by atoms with E-state index in [2.05, 4.69) is 0 Å². The van der Waals surface area contributed by atoms with Gasteiger partial charge in [0.1, 0.15) is 0 Å². The largest absolute Gasteiger partial charge is 0.479 e. The molecule has 1 unspecified atom stereocenters. The van der Waals surface area contributed by atoms with Crippen molar-refractivity contribution in [2.45, 2.75) is 25.6 Å². The average Bonchev–Trinajstić information content (AvgIpc) is 2.57. The second kappa shape index (κ2) is 3.10. The van der Waals surface area contributed by atoms with E-state index in [1.54, 1.807) is 0 Å². The molecule has 1 heterocycles. The van der Waals surface area contributed by atoms with Crippen LogP contribution in [0, 0.1) is 0 Å². The molecule has 0 aromatic heterocycles. The summed E-state index contributed by atoms with van der Waals surface area (Å²) in [6.45, 7) is 2.23. The lowest BCUT2D eigenvalue weighted by atomic mass is 9.90. The minimum atomic E-state index is -1.11. The van der Waals surface area contributed by atoms with Crippen LogP contribution in [0.2, 0.25) is 0 Å². The predicted octanol–water partition coefficient (Wildman–Crippen LogP) is 1.91. The number of benzene rings is 1. The number of hydrogen-bond donors (Lipinski definition) is 1. The summed E-state index contributed by atoms with van der Waals surface area (Å²) in [5, 5.41) is 9.19. The van der Waals surface area contributed by atoms with Gasteiger partial charge in [-0.15, -0.1) is 0 Å². The maximum absolute atomic E-state index is 11.2. The van der Waals surface area contributed by atoms with E-state index in [1.807, 2.05) is 31.2 Å². The highest BCUT2D eigenvalue weighted by molar-refractivity contribution is 5.80. The molecule has 3 heteroatoms. The topological polar surface area (TPSA) is 46.5 Å². The molecule has 0 bridgehead atoms. The smallest absolute Gasteiger partial charge is 0.340 e. The molecule has 14 heavy (non-hydrogen) atoms. The number of carboxylic acids is 1. The molecule has 1 aromatic rings. The van der Waals surface area contributed by atoms with Crippen LogP contribution >= 0.6 is 0 Å². The van der Waals surface area contributed by atoms with Crippen molar-refractivity contribution in [1.29, 1.82) is 0 Å². The summed E-state index contributed by atoms with van der Waals surface area (Å²) in [6, 6.07) is 7.49. The van der Waals surface area contributed by atoms with Crippen molar-refractivity contribution in [3.8, 4) is 0 Å². The minimum Gasteiger partial charge on any atom is -0.479 e. The van der Waals surface area contributed by atoms with Crippen LogP contribution in [0.1, 0.15) is 24.5 Å². The summed E-state index contributed by atoms with van der Waals surface area (Å²) in [7, 11) is 0. The Morgan fingerprint density at radius 2 is 2.29 bits per heavy atom. The van der Waals surface area contributed by atoms with E-state index in [0.717, 1.165) is 11.1 Å². The Balaban J connectivity index is 2.55. The van der Waals surface area contributed by atoms with Crippen molar-refractivity contribution in [2.75, 3.05) is 0 Å². The van der Waals surface area contributed by atoms with E-state index >= 15 is 0 Å². The Morgan fingerprint density at radius 3 is 2.93 bits per heavy atom. The number of carboxylic acid groups (broad SMARTS) is 1. The van der Waals surface area contributed by atoms with Gasteiger partial charge in [0.25, 0.3) is 0 Å². The highest BCUT2D eigenvalue weighted by Gasteiger charge is 2.45. The molecule has 0 fully saturated rings. The van der Waals surface area contributed by atoms with Gasteiger partial charge in [-0.05, 0) is 12.0 Å². The lowest BCUT2D eigenvalue weighted by Gasteiger charge is -2.22. The Morgan fingerprint density at radius 1 is 1.57 bits per heavy atom. The van der Waals surface area contributed by atoms with Gasteiger partial charge in [0.05, 0.1) is 6.61 Å². The molecule has 1 aliphatic rings. The third kappa shape index (κ3) is 1.06. The third-order valence-corrected chi connectivity index (χ3v) is 2.77. The van der Waals surface area contributed by atoms with Crippen LogP contribution in [0.5, 0.6) is 0 Å². The predicted molar refractivity (Wildman–Crippen MR) is 50.8 cm³/mol. The van der Waals surface area contributed by atoms with Gasteiger partial charge in [-0.3, -0.25) is 0 Å². The molecule has 1 N–H and O–H groups in total. The van der Waals surface area contributed by atoms with Crippen LogP contribution < -0.4 is 0 Å². The summed E-state index contributed by atoms with van der Waals surface area (Å²) in [6.07, 6.45) is 0.458. The normalized spacial score (nSPS) is 24.6. The number of rotatable bonds is 2. The van der Waals surface area contributed by atoms with Crippen LogP contribution in [0.15, 0.2) is 24.3 Å². The van der Waals surface area contributed by atoms with Crippen molar-refractivity contribution >= 4 is 5.97 Å². The van der Waals surface area contributed by atoms with Crippen LogP contribution in [-0.2, 0) is 21.7 Å². The van der Waals surface area contributed by atoms with E-state index in [0.29, 0.717) is 13.0 Å². The molecule has 0 saturated heterocycles. The molecule has 0 spiro atoms. The first kappa shape index (κ1) is 9.21.